The molecule has 98 valence electrons. The van der Waals surface area contributed by atoms with Gasteiger partial charge in [0.2, 0.25) is 0 Å². The number of hydrogen-bond acceptors (Lipinski definition) is 4. The summed E-state index contributed by atoms with van der Waals surface area (Å²) in [6.45, 7) is 0. The van der Waals surface area contributed by atoms with Crippen molar-refractivity contribution in [2.75, 3.05) is 7.11 Å². The van der Waals surface area contributed by atoms with E-state index in [1.54, 1.807) is 6.07 Å². The van der Waals surface area contributed by atoms with E-state index >= 15 is 0 Å². The Morgan fingerprint density at radius 3 is 2.72 bits per heavy atom. The van der Waals surface area contributed by atoms with Gasteiger partial charge in [-0.1, -0.05) is 0 Å². The maximum atomic E-state index is 10.9. The van der Waals surface area contributed by atoms with Gasteiger partial charge in [0.15, 0.2) is 11.5 Å². The fraction of sp³-hybridized carbons (Fsp3) is 0.462. The number of hydrogen-bond donors (Lipinski definition) is 2. The number of aromatic carboxylic acids is 1. The normalized spacial score (nSPS) is 22.8. The molecule has 0 amide bonds. The molecule has 5 heteroatoms. The molecule has 2 atom stereocenters. The summed E-state index contributed by atoms with van der Waals surface area (Å²) in [5, 5.41) is 8.91. The summed E-state index contributed by atoms with van der Waals surface area (Å²) in [7, 11) is 1.49. The van der Waals surface area contributed by atoms with E-state index in [-0.39, 0.29) is 17.7 Å². The summed E-state index contributed by atoms with van der Waals surface area (Å²) in [5.74, 6) is -0.0173. The van der Waals surface area contributed by atoms with E-state index in [9.17, 15) is 4.79 Å². The first-order chi connectivity index (χ1) is 8.61. The van der Waals surface area contributed by atoms with E-state index in [1.165, 1.54) is 19.2 Å². The van der Waals surface area contributed by atoms with Crippen molar-refractivity contribution in [1.29, 1.82) is 0 Å². The van der Waals surface area contributed by atoms with Gasteiger partial charge in [-0.15, -0.1) is 0 Å². The van der Waals surface area contributed by atoms with Crippen LogP contribution in [0.5, 0.6) is 11.5 Å². The molecule has 5 nitrogen and oxygen atoms in total. The second-order valence-electron chi connectivity index (χ2n) is 4.42. The number of ether oxygens (including phenoxy) is 2. The van der Waals surface area contributed by atoms with E-state index in [0.29, 0.717) is 11.5 Å². The van der Waals surface area contributed by atoms with Crippen LogP contribution in [0.4, 0.5) is 0 Å². The first-order valence-corrected chi connectivity index (χ1v) is 5.95. The fourth-order valence-corrected chi connectivity index (χ4v) is 2.16. The summed E-state index contributed by atoms with van der Waals surface area (Å²) in [4.78, 5) is 10.9. The van der Waals surface area contributed by atoms with Crippen molar-refractivity contribution < 1.29 is 19.4 Å². The Balaban J connectivity index is 2.19. The zero-order valence-electron chi connectivity index (χ0n) is 10.3. The topological polar surface area (TPSA) is 81.8 Å². The van der Waals surface area contributed by atoms with Crippen LogP contribution in [0.15, 0.2) is 18.2 Å². The van der Waals surface area contributed by atoms with Gasteiger partial charge in [0.05, 0.1) is 12.7 Å². The molecule has 1 aliphatic carbocycles. The Labute approximate surface area is 106 Å². The monoisotopic (exact) mass is 251 g/mol. The van der Waals surface area contributed by atoms with Crippen LogP contribution in [-0.2, 0) is 0 Å². The van der Waals surface area contributed by atoms with Crippen LogP contribution in [0.1, 0.15) is 29.6 Å². The SMILES string of the molecule is COc1cc(C(=O)O)ccc1OC1CCCC1N. The third-order valence-electron chi connectivity index (χ3n) is 3.19. The van der Waals surface area contributed by atoms with Gasteiger partial charge in [0.25, 0.3) is 0 Å². The number of nitrogens with two attached hydrogens (primary N) is 1. The highest BCUT2D eigenvalue weighted by Crippen LogP contribution is 2.32. The van der Waals surface area contributed by atoms with Gasteiger partial charge < -0.3 is 20.3 Å². The molecule has 1 saturated carbocycles. The van der Waals surface area contributed by atoms with Crippen LogP contribution in [-0.4, -0.2) is 30.3 Å². The summed E-state index contributed by atoms with van der Waals surface area (Å²) in [6.07, 6.45) is 2.92. The summed E-state index contributed by atoms with van der Waals surface area (Å²) >= 11 is 0. The van der Waals surface area contributed by atoms with Gasteiger partial charge in [0.1, 0.15) is 6.10 Å². The van der Waals surface area contributed by atoms with E-state index in [1.807, 2.05) is 0 Å². The highest BCUT2D eigenvalue weighted by Gasteiger charge is 2.26. The lowest BCUT2D eigenvalue weighted by molar-refractivity contribution is 0.0696. The first-order valence-electron chi connectivity index (χ1n) is 5.95. The lowest BCUT2D eigenvalue weighted by Gasteiger charge is -2.19. The highest BCUT2D eigenvalue weighted by atomic mass is 16.5. The molecule has 0 aliphatic heterocycles. The van der Waals surface area contributed by atoms with Gasteiger partial charge in [-0.25, -0.2) is 4.79 Å². The maximum absolute atomic E-state index is 10.9. The molecule has 0 aromatic heterocycles. The lowest BCUT2D eigenvalue weighted by atomic mass is 10.2. The minimum absolute atomic E-state index is 0.0189. The van der Waals surface area contributed by atoms with Crippen molar-refractivity contribution >= 4 is 5.97 Å². The molecule has 1 aliphatic rings. The molecule has 0 saturated heterocycles. The number of methoxy groups -OCH3 is 1. The summed E-state index contributed by atoms with van der Waals surface area (Å²) < 4.78 is 11.0. The van der Waals surface area contributed by atoms with Crippen molar-refractivity contribution in [2.24, 2.45) is 5.73 Å². The molecule has 1 fully saturated rings. The van der Waals surface area contributed by atoms with Gasteiger partial charge in [-0.2, -0.15) is 0 Å². The molecule has 1 aromatic rings. The van der Waals surface area contributed by atoms with E-state index in [0.717, 1.165) is 19.3 Å². The van der Waals surface area contributed by atoms with Crippen molar-refractivity contribution in [3.63, 3.8) is 0 Å². The predicted octanol–water partition coefficient (Wildman–Crippen LogP) is 1.65. The molecule has 18 heavy (non-hydrogen) atoms. The van der Waals surface area contributed by atoms with Gasteiger partial charge >= 0.3 is 5.97 Å². The second-order valence-corrected chi connectivity index (χ2v) is 4.42. The molecular formula is C13H17NO4. The molecule has 3 N–H and O–H groups in total. The lowest BCUT2D eigenvalue weighted by Crippen LogP contribution is -2.33. The zero-order valence-corrected chi connectivity index (χ0v) is 10.3. The van der Waals surface area contributed by atoms with Crippen molar-refractivity contribution in [1.82, 2.24) is 0 Å². The largest absolute Gasteiger partial charge is 0.493 e. The summed E-state index contributed by atoms with van der Waals surface area (Å²) in [6, 6.07) is 4.61. The molecule has 1 aromatic carbocycles. The van der Waals surface area contributed by atoms with Crippen molar-refractivity contribution in [3.05, 3.63) is 23.8 Å². The van der Waals surface area contributed by atoms with Crippen LogP contribution in [0.2, 0.25) is 0 Å². The van der Waals surface area contributed by atoms with Gasteiger partial charge in [-0.05, 0) is 37.5 Å². The zero-order chi connectivity index (χ0) is 13.1. The molecule has 0 radical (unpaired) electrons. The number of carboxylic acids is 1. The Morgan fingerprint density at radius 2 is 2.17 bits per heavy atom. The quantitative estimate of drug-likeness (QED) is 0.850. The summed E-state index contributed by atoms with van der Waals surface area (Å²) in [5.41, 5.74) is 6.11. The molecular weight excluding hydrogens is 234 g/mol. The third kappa shape index (κ3) is 2.56. The first kappa shape index (κ1) is 12.7. The molecule has 0 heterocycles. The standard InChI is InChI=1S/C13H17NO4/c1-17-12-7-8(13(15)16)5-6-11(12)18-10-4-2-3-9(10)14/h5-7,9-10H,2-4,14H2,1H3,(H,15,16). The number of carboxylic acid groups (broad SMARTS) is 1. The Morgan fingerprint density at radius 1 is 1.39 bits per heavy atom. The molecule has 2 rings (SSSR count). The Bertz CT molecular complexity index is 447. The van der Waals surface area contributed by atoms with E-state index in [4.69, 9.17) is 20.3 Å². The third-order valence-corrected chi connectivity index (χ3v) is 3.19. The second kappa shape index (κ2) is 5.27. The van der Waals surface area contributed by atoms with Crippen LogP contribution in [0, 0.1) is 0 Å². The van der Waals surface area contributed by atoms with E-state index in [2.05, 4.69) is 0 Å². The molecule has 2 unspecified atom stereocenters. The molecule has 0 bridgehead atoms. The number of rotatable bonds is 4. The number of carbonyl (C=O) groups is 1. The maximum Gasteiger partial charge on any atom is 0.335 e. The van der Waals surface area contributed by atoms with Crippen molar-refractivity contribution in [2.45, 2.75) is 31.4 Å². The Kier molecular flexibility index (Phi) is 3.72. The van der Waals surface area contributed by atoms with Crippen LogP contribution < -0.4 is 15.2 Å². The van der Waals surface area contributed by atoms with E-state index < -0.39 is 5.97 Å². The van der Waals surface area contributed by atoms with Crippen molar-refractivity contribution in [3.8, 4) is 11.5 Å². The average Bonchev–Trinajstić information content (AvgIpc) is 2.75. The van der Waals surface area contributed by atoms with Crippen LogP contribution in [0.25, 0.3) is 0 Å². The highest BCUT2D eigenvalue weighted by molar-refractivity contribution is 5.88. The van der Waals surface area contributed by atoms with Crippen LogP contribution >= 0.6 is 0 Å². The minimum atomic E-state index is -0.989. The predicted molar refractivity (Wildman–Crippen MR) is 66.2 cm³/mol. The minimum Gasteiger partial charge on any atom is -0.493 e. The van der Waals surface area contributed by atoms with Crippen LogP contribution in [0.3, 0.4) is 0 Å². The number of benzene rings is 1. The molecule has 0 spiro atoms. The fourth-order valence-electron chi connectivity index (χ4n) is 2.16. The average molecular weight is 251 g/mol. The Hall–Kier alpha value is -1.75. The smallest absolute Gasteiger partial charge is 0.335 e. The van der Waals surface area contributed by atoms with Gasteiger partial charge in [0, 0.05) is 6.04 Å². The van der Waals surface area contributed by atoms with Gasteiger partial charge in [-0.3, -0.25) is 0 Å².